The molecule has 1 atom stereocenters. The van der Waals surface area contributed by atoms with Gasteiger partial charge in [-0.15, -0.1) is 0 Å². The van der Waals surface area contributed by atoms with E-state index >= 15 is 0 Å². The highest BCUT2D eigenvalue weighted by Crippen LogP contribution is 2.06. The molecule has 0 aliphatic rings. The largest absolute Gasteiger partial charge is 0.338 e. The van der Waals surface area contributed by atoms with Crippen molar-refractivity contribution in [2.24, 2.45) is 11.7 Å². The fourth-order valence-electron chi connectivity index (χ4n) is 0.866. The maximum absolute atomic E-state index is 11.3. The van der Waals surface area contributed by atoms with Crippen molar-refractivity contribution in [2.45, 2.75) is 20.3 Å². The first-order chi connectivity index (χ1) is 7.60. The van der Waals surface area contributed by atoms with Gasteiger partial charge in [-0.25, -0.2) is 4.79 Å². The Bertz CT molecular complexity index is 224. The molecule has 0 bridgehead atoms. The van der Waals surface area contributed by atoms with E-state index in [0.29, 0.717) is 24.8 Å². The van der Waals surface area contributed by atoms with Crippen molar-refractivity contribution >= 4 is 23.7 Å². The van der Waals surface area contributed by atoms with Gasteiger partial charge in [-0.3, -0.25) is 10.1 Å². The van der Waals surface area contributed by atoms with Crippen LogP contribution < -0.4 is 16.4 Å². The molecular weight excluding hydrogens is 226 g/mol. The van der Waals surface area contributed by atoms with E-state index in [1.165, 1.54) is 11.8 Å². The maximum atomic E-state index is 11.3. The standard InChI is InChI=1S/C10H21N3O2S/c1-3-4-12-10(15)13-9(14)7-16-6-8(2)5-11/h8H,3-7,11H2,1-2H3,(H2,12,13,14,15). The van der Waals surface area contributed by atoms with Crippen LogP contribution in [-0.4, -0.2) is 36.5 Å². The minimum atomic E-state index is -0.417. The van der Waals surface area contributed by atoms with Gasteiger partial charge < -0.3 is 11.1 Å². The minimum absolute atomic E-state index is 0.261. The molecule has 0 aliphatic heterocycles. The Hall–Kier alpha value is -0.750. The van der Waals surface area contributed by atoms with Crippen LogP contribution in [0, 0.1) is 5.92 Å². The normalized spacial score (nSPS) is 11.9. The average Bonchev–Trinajstić information content (AvgIpc) is 2.25. The Morgan fingerprint density at radius 1 is 1.44 bits per heavy atom. The molecule has 0 aromatic heterocycles. The predicted octanol–water partition coefficient (Wildman–Crippen LogP) is 0.550. The Kier molecular flexibility index (Phi) is 9.03. The van der Waals surface area contributed by atoms with Crippen LogP contribution in [0.4, 0.5) is 4.79 Å². The molecule has 0 aromatic rings. The molecule has 0 heterocycles. The van der Waals surface area contributed by atoms with E-state index in [0.717, 1.165) is 12.2 Å². The highest BCUT2D eigenvalue weighted by molar-refractivity contribution is 7.99. The van der Waals surface area contributed by atoms with Crippen LogP contribution in [0.15, 0.2) is 0 Å². The van der Waals surface area contributed by atoms with E-state index in [1.54, 1.807) is 0 Å². The third-order valence-corrected chi connectivity index (χ3v) is 3.10. The van der Waals surface area contributed by atoms with Gasteiger partial charge in [0.2, 0.25) is 5.91 Å². The SMILES string of the molecule is CCCNC(=O)NC(=O)CSCC(C)CN. The Balaban J connectivity index is 3.54. The van der Waals surface area contributed by atoms with Crippen LogP contribution in [-0.2, 0) is 4.79 Å². The second-order valence-electron chi connectivity index (χ2n) is 3.66. The molecule has 94 valence electrons. The van der Waals surface area contributed by atoms with E-state index in [-0.39, 0.29) is 5.91 Å². The fraction of sp³-hybridized carbons (Fsp3) is 0.800. The van der Waals surface area contributed by atoms with Crippen molar-refractivity contribution in [3.8, 4) is 0 Å². The summed E-state index contributed by atoms with van der Waals surface area (Å²) in [6.07, 6.45) is 0.852. The summed E-state index contributed by atoms with van der Waals surface area (Å²) in [6, 6.07) is -0.417. The summed E-state index contributed by atoms with van der Waals surface area (Å²) in [5.74, 6) is 1.26. The lowest BCUT2D eigenvalue weighted by atomic mass is 10.2. The molecule has 3 amide bonds. The zero-order valence-corrected chi connectivity index (χ0v) is 10.7. The van der Waals surface area contributed by atoms with Gasteiger partial charge in [0.1, 0.15) is 0 Å². The van der Waals surface area contributed by atoms with Crippen molar-refractivity contribution in [1.29, 1.82) is 0 Å². The summed E-state index contributed by atoms with van der Waals surface area (Å²) in [5.41, 5.74) is 5.45. The van der Waals surface area contributed by atoms with Crippen LogP contribution in [0.5, 0.6) is 0 Å². The van der Waals surface area contributed by atoms with Crippen molar-refractivity contribution in [2.75, 3.05) is 24.6 Å². The highest BCUT2D eigenvalue weighted by Gasteiger charge is 2.07. The summed E-state index contributed by atoms with van der Waals surface area (Å²) in [6.45, 7) is 5.17. The zero-order valence-electron chi connectivity index (χ0n) is 9.91. The second kappa shape index (κ2) is 9.47. The lowest BCUT2D eigenvalue weighted by Gasteiger charge is -2.08. The maximum Gasteiger partial charge on any atom is 0.321 e. The summed E-state index contributed by atoms with van der Waals surface area (Å²) < 4.78 is 0. The van der Waals surface area contributed by atoms with Crippen LogP contribution in [0.3, 0.4) is 0 Å². The van der Waals surface area contributed by atoms with Gasteiger partial charge in [0, 0.05) is 6.54 Å². The van der Waals surface area contributed by atoms with Crippen LogP contribution in [0.25, 0.3) is 0 Å². The molecule has 0 aliphatic carbocycles. The monoisotopic (exact) mass is 247 g/mol. The molecule has 16 heavy (non-hydrogen) atoms. The molecule has 0 aromatic carbocycles. The molecule has 1 unspecified atom stereocenters. The fourth-order valence-corrected chi connectivity index (χ4v) is 1.78. The molecule has 0 saturated carbocycles. The number of carbonyl (C=O) groups excluding carboxylic acids is 2. The lowest BCUT2D eigenvalue weighted by Crippen LogP contribution is -2.40. The molecule has 6 heteroatoms. The number of rotatable bonds is 7. The molecule has 4 N–H and O–H groups in total. The third kappa shape index (κ3) is 8.55. The number of nitrogens with one attached hydrogen (secondary N) is 2. The van der Waals surface area contributed by atoms with E-state index in [2.05, 4.69) is 10.6 Å². The molecule has 0 radical (unpaired) electrons. The van der Waals surface area contributed by atoms with Crippen molar-refractivity contribution in [1.82, 2.24) is 10.6 Å². The average molecular weight is 247 g/mol. The highest BCUT2D eigenvalue weighted by atomic mass is 32.2. The quantitative estimate of drug-likeness (QED) is 0.613. The van der Waals surface area contributed by atoms with Crippen molar-refractivity contribution < 1.29 is 9.59 Å². The van der Waals surface area contributed by atoms with Gasteiger partial charge in [0.15, 0.2) is 0 Å². The number of nitrogens with two attached hydrogens (primary N) is 1. The molecule has 0 fully saturated rings. The summed E-state index contributed by atoms with van der Waals surface area (Å²) in [5, 5.41) is 4.84. The molecule has 5 nitrogen and oxygen atoms in total. The van der Waals surface area contributed by atoms with Crippen molar-refractivity contribution in [3.63, 3.8) is 0 Å². The molecule has 0 spiro atoms. The Labute approximate surface area is 101 Å². The Morgan fingerprint density at radius 3 is 2.69 bits per heavy atom. The first-order valence-corrected chi connectivity index (χ1v) is 6.61. The van der Waals surface area contributed by atoms with Gasteiger partial charge >= 0.3 is 6.03 Å². The summed E-state index contributed by atoms with van der Waals surface area (Å²) in [7, 11) is 0. The minimum Gasteiger partial charge on any atom is -0.338 e. The smallest absolute Gasteiger partial charge is 0.321 e. The first-order valence-electron chi connectivity index (χ1n) is 5.45. The number of hydrogen-bond donors (Lipinski definition) is 3. The van der Waals surface area contributed by atoms with E-state index in [9.17, 15) is 9.59 Å². The van der Waals surface area contributed by atoms with Gasteiger partial charge in [-0.1, -0.05) is 13.8 Å². The van der Waals surface area contributed by atoms with Gasteiger partial charge in [0.25, 0.3) is 0 Å². The molecular formula is C10H21N3O2S. The number of imide groups is 1. The number of hydrogen-bond acceptors (Lipinski definition) is 4. The van der Waals surface area contributed by atoms with Crippen LogP contribution >= 0.6 is 11.8 Å². The summed E-state index contributed by atoms with van der Waals surface area (Å²) >= 11 is 1.49. The second-order valence-corrected chi connectivity index (χ2v) is 4.69. The number of urea groups is 1. The zero-order chi connectivity index (χ0) is 12.4. The third-order valence-electron chi connectivity index (χ3n) is 1.83. The van der Waals surface area contributed by atoms with E-state index in [4.69, 9.17) is 5.73 Å². The molecule has 0 saturated heterocycles. The Morgan fingerprint density at radius 2 is 2.12 bits per heavy atom. The van der Waals surface area contributed by atoms with E-state index < -0.39 is 6.03 Å². The van der Waals surface area contributed by atoms with Crippen molar-refractivity contribution in [3.05, 3.63) is 0 Å². The number of amides is 3. The van der Waals surface area contributed by atoms with E-state index in [1.807, 2.05) is 13.8 Å². The van der Waals surface area contributed by atoms with Crippen LogP contribution in [0.1, 0.15) is 20.3 Å². The lowest BCUT2D eigenvalue weighted by molar-refractivity contribution is -0.117. The number of carbonyl (C=O) groups is 2. The molecule has 0 rings (SSSR count). The summed E-state index contributed by atoms with van der Waals surface area (Å²) in [4.78, 5) is 22.4. The van der Waals surface area contributed by atoms with Crippen LogP contribution in [0.2, 0.25) is 0 Å². The van der Waals surface area contributed by atoms with Gasteiger partial charge in [0.05, 0.1) is 5.75 Å². The number of thioether (sulfide) groups is 1. The van der Waals surface area contributed by atoms with Gasteiger partial charge in [-0.05, 0) is 24.6 Å². The predicted molar refractivity (Wildman–Crippen MR) is 67.4 cm³/mol. The first kappa shape index (κ1) is 15.2. The topological polar surface area (TPSA) is 84.2 Å². The van der Waals surface area contributed by atoms with Gasteiger partial charge in [-0.2, -0.15) is 11.8 Å².